The highest BCUT2D eigenvalue weighted by atomic mass is 19.4. The molecule has 0 spiro atoms. The predicted molar refractivity (Wildman–Crippen MR) is 105 cm³/mol. The minimum atomic E-state index is -4.53. The van der Waals surface area contributed by atoms with Crippen LogP contribution in [0.2, 0.25) is 0 Å². The van der Waals surface area contributed by atoms with E-state index in [0.717, 1.165) is 28.5 Å². The van der Waals surface area contributed by atoms with Crippen molar-refractivity contribution in [1.29, 1.82) is 5.26 Å². The van der Waals surface area contributed by atoms with Gasteiger partial charge in [-0.3, -0.25) is 4.79 Å². The minimum Gasteiger partial charge on any atom is -0.321 e. The van der Waals surface area contributed by atoms with Crippen LogP contribution in [-0.2, 0) is 6.18 Å². The van der Waals surface area contributed by atoms with E-state index in [2.05, 4.69) is 4.98 Å². The summed E-state index contributed by atoms with van der Waals surface area (Å²) in [5.74, 6) is 0. The second-order valence-corrected chi connectivity index (χ2v) is 6.52. The number of fused-ring (bicyclic) bond motifs is 1. The van der Waals surface area contributed by atoms with E-state index >= 15 is 0 Å². The highest BCUT2D eigenvalue weighted by molar-refractivity contribution is 5.96. The van der Waals surface area contributed by atoms with E-state index < -0.39 is 17.3 Å². The molecule has 1 heterocycles. The van der Waals surface area contributed by atoms with Crippen molar-refractivity contribution in [2.75, 3.05) is 0 Å². The summed E-state index contributed by atoms with van der Waals surface area (Å²) in [4.78, 5) is 15.2. The average molecular weight is 390 g/mol. The van der Waals surface area contributed by atoms with E-state index in [-0.39, 0.29) is 16.7 Å². The molecule has 0 aliphatic heterocycles. The molecule has 0 aliphatic carbocycles. The lowest BCUT2D eigenvalue weighted by Gasteiger charge is -2.12. The van der Waals surface area contributed by atoms with Crippen molar-refractivity contribution in [2.45, 2.75) is 6.18 Å². The molecule has 0 aliphatic rings. The summed E-state index contributed by atoms with van der Waals surface area (Å²) in [6.45, 7) is 0. The van der Waals surface area contributed by atoms with Crippen LogP contribution in [0.3, 0.4) is 0 Å². The third kappa shape index (κ3) is 3.39. The van der Waals surface area contributed by atoms with Gasteiger partial charge in [-0.1, -0.05) is 54.6 Å². The third-order valence-electron chi connectivity index (χ3n) is 4.73. The summed E-state index contributed by atoms with van der Waals surface area (Å²) >= 11 is 0. The first-order valence-corrected chi connectivity index (χ1v) is 8.71. The van der Waals surface area contributed by atoms with Crippen molar-refractivity contribution in [2.24, 2.45) is 0 Å². The Kier molecular flexibility index (Phi) is 4.44. The molecule has 1 aromatic heterocycles. The number of aromatic amines is 1. The van der Waals surface area contributed by atoms with E-state index in [1.807, 2.05) is 48.5 Å². The van der Waals surface area contributed by atoms with Gasteiger partial charge in [0.2, 0.25) is 0 Å². The van der Waals surface area contributed by atoms with E-state index in [1.165, 1.54) is 12.1 Å². The maximum atomic E-state index is 13.1. The standard InChI is InChI=1S/C23H13F3N2O/c24-23(25,26)16-8-3-7-15(11-16)19-12-21(28-22(29)20(19)13-27)18-10-4-6-14-5-1-2-9-17(14)18/h1-12H,(H,28,29). The number of aromatic nitrogens is 1. The van der Waals surface area contributed by atoms with Gasteiger partial charge in [0.15, 0.2) is 0 Å². The van der Waals surface area contributed by atoms with Crippen LogP contribution in [0.15, 0.2) is 77.6 Å². The third-order valence-corrected chi connectivity index (χ3v) is 4.73. The molecule has 3 nitrogen and oxygen atoms in total. The van der Waals surface area contributed by atoms with Crippen LogP contribution in [-0.4, -0.2) is 4.98 Å². The van der Waals surface area contributed by atoms with Crippen LogP contribution in [0.5, 0.6) is 0 Å². The van der Waals surface area contributed by atoms with Crippen LogP contribution in [0.4, 0.5) is 13.2 Å². The van der Waals surface area contributed by atoms with Gasteiger partial charge >= 0.3 is 6.18 Å². The summed E-state index contributed by atoms with van der Waals surface area (Å²) in [5.41, 5.74) is -0.255. The van der Waals surface area contributed by atoms with Gasteiger partial charge in [-0.25, -0.2) is 0 Å². The van der Waals surface area contributed by atoms with Gasteiger partial charge in [-0.15, -0.1) is 0 Å². The van der Waals surface area contributed by atoms with Crippen molar-refractivity contribution >= 4 is 10.8 Å². The van der Waals surface area contributed by atoms with Gasteiger partial charge in [0.1, 0.15) is 11.6 Å². The molecule has 1 N–H and O–H groups in total. The van der Waals surface area contributed by atoms with E-state index in [0.29, 0.717) is 5.69 Å². The number of nitriles is 1. The molecule has 29 heavy (non-hydrogen) atoms. The molecule has 142 valence electrons. The van der Waals surface area contributed by atoms with Crippen LogP contribution in [0.1, 0.15) is 11.1 Å². The van der Waals surface area contributed by atoms with Gasteiger partial charge in [-0.05, 0) is 34.5 Å². The number of pyridine rings is 1. The molecular formula is C23H13F3N2O. The first-order valence-electron chi connectivity index (χ1n) is 8.71. The fourth-order valence-electron chi connectivity index (χ4n) is 3.37. The molecule has 0 amide bonds. The Hall–Kier alpha value is -3.85. The smallest absolute Gasteiger partial charge is 0.321 e. The number of alkyl halides is 3. The molecule has 0 bridgehead atoms. The van der Waals surface area contributed by atoms with Crippen LogP contribution >= 0.6 is 0 Å². The topological polar surface area (TPSA) is 56.6 Å². The zero-order valence-electron chi connectivity index (χ0n) is 14.9. The van der Waals surface area contributed by atoms with E-state index in [9.17, 15) is 23.2 Å². The summed E-state index contributed by atoms with van der Waals surface area (Å²) in [6, 6.07) is 21.1. The maximum Gasteiger partial charge on any atom is 0.416 e. The molecule has 0 saturated heterocycles. The fourth-order valence-corrected chi connectivity index (χ4v) is 3.37. The molecule has 0 radical (unpaired) electrons. The van der Waals surface area contributed by atoms with Crippen molar-refractivity contribution in [1.82, 2.24) is 4.98 Å². The number of rotatable bonds is 2. The van der Waals surface area contributed by atoms with Crippen molar-refractivity contribution in [3.05, 3.63) is 94.3 Å². The predicted octanol–water partition coefficient (Wildman–Crippen LogP) is 5.75. The van der Waals surface area contributed by atoms with Gasteiger partial charge in [0.05, 0.1) is 5.56 Å². The SMILES string of the molecule is N#Cc1c(-c2cccc(C(F)(F)F)c2)cc(-c2cccc3ccccc23)[nH]c1=O. The zero-order chi connectivity index (χ0) is 20.6. The van der Waals surface area contributed by atoms with Gasteiger partial charge in [0.25, 0.3) is 5.56 Å². The summed E-state index contributed by atoms with van der Waals surface area (Å²) in [5, 5.41) is 11.3. The highest BCUT2D eigenvalue weighted by Gasteiger charge is 2.30. The second-order valence-electron chi connectivity index (χ2n) is 6.52. The monoisotopic (exact) mass is 390 g/mol. The number of H-pyrrole nitrogens is 1. The highest BCUT2D eigenvalue weighted by Crippen LogP contribution is 2.34. The lowest BCUT2D eigenvalue weighted by atomic mass is 9.96. The summed E-state index contributed by atoms with van der Waals surface area (Å²) in [6.07, 6.45) is -4.53. The van der Waals surface area contributed by atoms with E-state index in [4.69, 9.17) is 0 Å². The van der Waals surface area contributed by atoms with Gasteiger partial charge in [-0.2, -0.15) is 18.4 Å². The molecule has 4 rings (SSSR count). The first-order chi connectivity index (χ1) is 13.9. The Morgan fingerprint density at radius 2 is 1.59 bits per heavy atom. The van der Waals surface area contributed by atoms with Crippen molar-refractivity contribution in [3.63, 3.8) is 0 Å². The van der Waals surface area contributed by atoms with Gasteiger partial charge < -0.3 is 4.98 Å². The lowest BCUT2D eigenvalue weighted by molar-refractivity contribution is -0.137. The Bertz CT molecular complexity index is 1330. The summed E-state index contributed by atoms with van der Waals surface area (Å²) in [7, 11) is 0. The lowest BCUT2D eigenvalue weighted by Crippen LogP contribution is -2.13. The molecule has 3 aromatic carbocycles. The number of hydrogen-bond donors (Lipinski definition) is 1. The number of hydrogen-bond acceptors (Lipinski definition) is 2. The Morgan fingerprint density at radius 3 is 2.34 bits per heavy atom. The molecule has 6 heteroatoms. The fraction of sp³-hybridized carbons (Fsp3) is 0.0435. The molecule has 0 saturated carbocycles. The van der Waals surface area contributed by atoms with Crippen LogP contribution in [0, 0.1) is 11.3 Å². The number of halogens is 3. The molecule has 0 unspecified atom stereocenters. The Labute approximate surface area is 163 Å². The maximum absolute atomic E-state index is 13.1. The number of nitrogens with zero attached hydrogens (tertiary/aromatic N) is 1. The number of nitrogens with one attached hydrogen (secondary N) is 1. The largest absolute Gasteiger partial charge is 0.416 e. The average Bonchev–Trinajstić information content (AvgIpc) is 2.72. The zero-order valence-corrected chi connectivity index (χ0v) is 14.9. The van der Waals surface area contributed by atoms with Crippen molar-refractivity contribution in [3.8, 4) is 28.5 Å². The van der Waals surface area contributed by atoms with Crippen LogP contribution in [0.25, 0.3) is 33.2 Å². The molecule has 0 atom stereocenters. The van der Waals surface area contributed by atoms with E-state index in [1.54, 1.807) is 6.07 Å². The van der Waals surface area contributed by atoms with Gasteiger partial charge in [0, 0.05) is 16.8 Å². The molecule has 4 aromatic rings. The molecule has 0 fully saturated rings. The quantitative estimate of drug-likeness (QED) is 0.474. The second kappa shape index (κ2) is 6.95. The van der Waals surface area contributed by atoms with Crippen molar-refractivity contribution < 1.29 is 13.2 Å². The number of benzene rings is 3. The normalized spacial score (nSPS) is 11.4. The summed E-state index contributed by atoms with van der Waals surface area (Å²) < 4.78 is 39.4. The Balaban J connectivity index is 1.98. The Morgan fingerprint density at radius 1 is 0.862 bits per heavy atom. The molecular weight excluding hydrogens is 377 g/mol. The van der Waals surface area contributed by atoms with Crippen LogP contribution < -0.4 is 5.56 Å². The first kappa shape index (κ1) is 18.5. The minimum absolute atomic E-state index is 0.156.